The van der Waals surface area contributed by atoms with Crippen LogP contribution in [0.15, 0.2) is 6.07 Å². The molecule has 0 amide bonds. The third kappa shape index (κ3) is 4.25. The Hall–Kier alpha value is -0.990. The Morgan fingerprint density at radius 1 is 1.38 bits per heavy atom. The summed E-state index contributed by atoms with van der Waals surface area (Å²) < 4.78 is 1.93. The minimum atomic E-state index is 0.268. The summed E-state index contributed by atoms with van der Waals surface area (Å²) in [6, 6.07) is 2.01. The molecule has 0 saturated carbocycles. The Labute approximate surface area is 99.0 Å². The van der Waals surface area contributed by atoms with Crippen LogP contribution < -0.4 is 5.73 Å². The van der Waals surface area contributed by atoms with Crippen LogP contribution in [0.25, 0.3) is 0 Å². The third-order valence-electron chi connectivity index (χ3n) is 2.49. The van der Waals surface area contributed by atoms with Crippen LogP contribution in [0.3, 0.4) is 0 Å². The van der Waals surface area contributed by atoms with E-state index in [2.05, 4.69) is 39.7 Å². The molecule has 0 fully saturated rings. The molecule has 1 aromatic heterocycles. The molecule has 0 aliphatic heterocycles. The number of anilines is 1. The first kappa shape index (κ1) is 13.1. The van der Waals surface area contributed by atoms with E-state index in [1.807, 2.05) is 10.7 Å². The van der Waals surface area contributed by atoms with E-state index in [0.29, 0.717) is 5.92 Å². The van der Waals surface area contributed by atoms with Gasteiger partial charge in [-0.3, -0.25) is 0 Å². The van der Waals surface area contributed by atoms with E-state index in [0.717, 1.165) is 30.9 Å². The molecule has 0 radical (unpaired) electrons. The molecule has 3 heteroatoms. The Morgan fingerprint density at radius 2 is 2.00 bits per heavy atom. The summed E-state index contributed by atoms with van der Waals surface area (Å²) in [4.78, 5) is 0. The summed E-state index contributed by atoms with van der Waals surface area (Å²) >= 11 is 0. The Kier molecular flexibility index (Phi) is 4.00. The largest absolute Gasteiger partial charge is 0.384 e. The van der Waals surface area contributed by atoms with E-state index in [1.165, 1.54) is 0 Å². The lowest BCUT2D eigenvalue weighted by Gasteiger charge is -2.15. The standard InChI is InChI=1S/C13H25N3/c1-10(2)6-7-16-12(14)8-11(15-16)9-13(3,4)5/h8,10H,6-7,9,14H2,1-5H3. The molecule has 0 spiro atoms. The second kappa shape index (κ2) is 4.89. The first-order valence-corrected chi connectivity index (χ1v) is 6.10. The lowest BCUT2D eigenvalue weighted by atomic mass is 9.91. The second-order valence-corrected chi connectivity index (χ2v) is 6.20. The average Bonchev–Trinajstić information content (AvgIpc) is 2.39. The number of nitrogens with two attached hydrogens (primary N) is 1. The smallest absolute Gasteiger partial charge is 0.121 e. The summed E-state index contributed by atoms with van der Waals surface area (Å²) in [7, 11) is 0. The lowest BCUT2D eigenvalue weighted by molar-refractivity contribution is 0.401. The number of hydrogen-bond acceptors (Lipinski definition) is 2. The van der Waals surface area contributed by atoms with Crippen molar-refractivity contribution in [3.8, 4) is 0 Å². The molecule has 92 valence electrons. The molecule has 1 heterocycles. The zero-order chi connectivity index (χ0) is 12.3. The predicted molar refractivity (Wildman–Crippen MR) is 69.3 cm³/mol. The van der Waals surface area contributed by atoms with Gasteiger partial charge in [0.2, 0.25) is 0 Å². The van der Waals surface area contributed by atoms with Crippen molar-refractivity contribution in [3.05, 3.63) is 11.8 Å². The van der Waals surface area contributed by atoms with Crippen molar-refractivity contribution in [2.45, 2.75) is 54.0 Å². The molecule has 0 aliphatic rings. The van der Waals surface area contributed by atoms with Gasteiger partial charge in [0, 0.05) is 12.6 Å². The molecule has 0 saturated heterocycles. The van der Waals surface area contributed by atoms with Crippen molar-refractivity contribution >= 4 is 5.82 Å². The van der Waals surface area contributed by atoms with Crippen molar-refractivity contribution in [2.24, 2.45) is 11.3 Å². The summed E-state index contributed by atoms with van der Waals surface area (Å²) in [6.07, 6.45) is 2.10. The highest BCUT2D eigenvalue weighted by atomic mass is 15.3. The van der Waals surface area contributed by atoms with Gasteiger partial charge in [0.15, 0.2) is 0 Å². The average molecular weight is 223 g/mol. The normalized spacial score (nSPS) is 12.4. The number of nitrogen functional groups attached to an aromatic ring is 1. The Morgan fingerprint density at radius 3 is 2.50 bits per heavy atom. The van der Waals surface area contributed by atoms with Gasteiger partial charge >= 0.3 is 0 Å². The molecule has 16 heavy (non-hydrogen) atoms. The Bertz CT molecular complexity index is 331. The number of nitrogens with zero attached hydrogens (tertiary/aromatic N) is 2. The highest BCUT2D eigenvalue weighted by molar-refractivity contribution is 5.31. The molecule has 0 aromatic carbocycles. The van der Waals surface area contributed by atoms with Gasteiger partial charge in [-0.25, -0.2) is 4.68 Å². The van der Waals surface area contributed by atoms with Crippen LogP contribution in [0.4, 0.5) is 5.82 Å². The summed E-state index contributed by atoms with van der Waals surface area (Å²) in [5.74, 6) is 1.48. The summed E-state index contributed by atoms with van der Waals surface area (Å²) in [5, 5.41) is 4.56. The maximum atomic E-state index is 5.95. The molecular formula is C13H25N3. The van der Waals surface area contributed by atoms with Gasteiger partial charge in [0.25, 0.3) is 0 Å². The van der Waals surface area contributed by atoms with Crippen molar-refractivity contribution in [2.75, 3.05) is 5.73 Å². The van der Waals surface area contributed by atoms with E-state index < -0.39 is 0 Å². The quantitative estimate of drug-likeness (QED) is 0.852. The van der Waals surface area contributed by atoms with Gasteiger partial charge in [-0.2, -0.15) is 5.10 Å². The number of rotatable bonds is 4. The molecule has 3 nitrogen and oxygen atoms in total. The van der Waals surface area contributed by atoms with Gasteiger partial charge in [-0.05, 0) is 24.2 Å². The minimum Gasteiger partial charge on any atom is -0.384 e. The molecule has 0 bridgehead atoms. The van der Waals surface area contributed by atoms with E-state index >= 15 is 0 Å². The van der Waals surface area contributed by atoms with E-state index in [1.54, 1.807) is 0 Å². The van der Waals surface area contributed by atoms with Crippen LogP contribution >= 0.6 is 0 Å². The van der Waals surface area contributed by atoms with Gasteiger partial charge in [-0.1, -0.05) is 34.6 Å². The highest BCUT2D eigenvalue weighted by Crippen LogP contribution is 2.21. The zero-order valence-electron chi connectivity index (χ0n) is 11.2. The van der Waals surface area contributed by atoms with E-state index in [9.17, 15) is 0 Å². The number of aromatic nitrogens is 2. The van der Waals surface area contributed by atoms with Crippen molar-refractivity contribution < 1.29 is 0 Å². The second-order valence-electron chi connectivity index (χ2n) is 6.20. The third-order valence-corrected chi connectivity index (χ3v) is 2.49. The van der Waals surface area contributed by atoms with Crippen LogP contribution in [0.2, 0.25) is 0 Å². The fourth-order valence-electron chi connectivity index (χ4n) is 1.68. The maximum absolute atomic E-state index is 5.95. The molecule has 0 atom stereocenters. The number of aryl methyl sites for hydroxylation is 1. The molecule has 0 aliphatic carbocycles. The summed E-state index contributed by atoms with van der Waals surface area (Å²) in [5.41, 5.74) is 7.32. The first-order chi connectivity index (χ1) is 7.28. The van der Waals surface area contributed by atoms with Crippen LogP contribution in [-0.2, 0) is 13.0 Å². The minimum absolute atomic E-state index is 0.268. The van der Waals surface area contributed by atoms with Crippen molar-refractivity contribution in [1.29, 1.82) is 0 Å². The van der Waals surface area contributed by atoms with Crippen molar-refractivity contribution in [1.82, 2.24) is 9.78 Å². The molecule has 2 N–H and O–H groups in total. The topological polar surface area (TPSA) is 43.8 Å². The van der Waals surface area contributed by atoms with Crippen molar-refractivity contribution in [3.63, 3.8) is 0 Å². The molecule has 1 rings (SSSR count). The lowest BCUT2D eigenvalue weighted by Crippen LogP contribution is -2.11. The van der Waals surface area contributed by atoms with Crippen LogP contribution in [0.5, 0.6) is 0 Å². The molecule has 0 unspecified atom stereocenters. The maximum Gasteiger partial charge on any atom is 0.121 e. The van der Waals surface area contributed by atoms with E-state index in [4.69, 9.17) is 5.73 Å². The predicted octanol–water partition coefficient (Wildman–Crippen LogP) is 3.10. The van der Waals surface area contributed by atoms with Gasteiger partial charge < -0.3 is 5.73 Å². The van der Waals surface area contributed by atoms with Crippen LogP contribution in [-0.4, -0.2) is 9.78 Å². The van der Waals surface area contributed by atoms with E-state index in [-0.39, 0.29) is 5.41 Å². The number of hydrogen-bond donors (Lipinski definition) is 1. The highest BCUT2D eigenvalue weighted by Gasteiger charge is 2.14. The SMILES string of the molecule is CC(C)CCn1nc(CC(C)(C)C)cc1N. The molecule has 1 aromatic rings. The Balaban J connectivity index is 2.66. The monoisotopic (exact) mass is 223 g/mol. The van der Waals surface area contributed by atoms with Gasteiger partial charge in [0.1, 0.15) is 5.82 Å². The fourth-order valence-corrected chi connectivity index (χ4v) is 1.68. The van der Waals surface area contributed by atoms with Gasteiger partial charge in [0.05, 0.1) is 5.69 Å². The first-order valence-electron chi connectivity index (χ1n) is 6.10. The fraction of sp³-hybridized carbons (Fsp3) is 0.769. The van der Waals surface area contributed by atoms with Crippen LogP contribution in [0.1, 0.15) is 46.7 Å². The molecular weight excluding hydrogens is 198 g/mol. The zero-order valence-corrected chi connectivity index (χ0v) is 11.2. The van der Waals surface area contributed by atoms with Gasteiger partial charge in [-0.15, -0.1) is 0 Å². The summed E-state index contributed by atoms with van der Waals surface area (Å²) in [6.45, 7) is 12.0. The van der Waals surface area contributed by atoms with Crippen LogP contribution in [0, 0.1) is 11.3 Å².